The number of rotatable bonds is 5. The third-order valence-corrected chi connectivity index (χ3v) is 7.48. The summed E-state index contributed by atoms with van der Waals surface area (Å²) in [6.45, 7) is 5.57. The maximum atomic E-state index is 12.7. The van der Waals surface area contributed by atoms with Gasteiger partial charge in [-0.2, -0.15) is 0 Å². The highest BCUT2D eigenvalue weighted by Crippen LogP contribution is 2.36. The van der Waals surface area contributed by atoms with Crippen LogP contribution >= 0.6 is 11.8 Å². The van der Waals surface area contributed by atoms with Gasteiger partial charge in [-0.05, 0) is 50.1 Å². The number of hydrogen-bond donors (Lipinski definition) is 2. The summed E-state index contributed by atoms with van der Waals surface area (Å²) in [6.07, 6.45) is -0.147. The zero-order valence-electron chi connectivity index (χ0n) is 15.9. The molecule has 0 bridgehead atoms. The van der Waals surface area contributed by atoms with Gasteiger partial charge in [0.15, 0.2) is 9.84 Å². The lowest BCUT2D eigenvalue weighted by molar-refractivity contribution is -0.116. The number of amides is 2. The molecular formula is C20H22N2O4S2. The predicted molar refractivity (Wildman–Crippen MR) is 112 cm³/mol. The Kier molecular flexibility index (Phi) is 5.81. The number of aryl methyl sites for hydroxylation is 2. The number of para-hydroxylation sites is 1. The van der Waals surface area contributed by atoms with Crippen LogP contribution in [-0.4, -0.2) is 31.2 Å². The Labute approximate surface area is 169 Å². The lowest BCUT2D eigenvalue weighted by Crippen LogP contribution is -2.26. The standard InChI is InChI=1S/C20H22N2O4S2/c1-12-5-4-6-13(2)19(12)22-18(23)9-10-28(25,26)15-7-8-17-16(11-15)21-20(24)14(3)27-17/h4-8,11,14H,9-10H2,1-3H3,(H,21,24)(H,22,23). The van der Waals surface area contributed by atoms with Crippen molar-refractivity contribution in [3.63, 3.8) is 0 Å². The number of nitrogens with one attached hydrogen (secondary N) is 2. The van der Waals surface area contributed by atoms with E-state index in [1.54, 1.807) is 13.0 Å². The Balaban J connectivity index is 1.70. The topological polar surface area (TPSA) is 92.3 Å². The van der Waals surface area contributed by atoms with Crippen molar-refractivity contribution < 1.29 is 18.0 Å². The Hall–Kier alpha value is -2.32. The third-order valence-electron chi connectivity index (χ3n) is 4.58. The van der Waals surface area contributed by atoms with Gasteiger partial charge in [0.05, 0.1) is 21.6 Å². The molecule has 3 rings (SSSR count). The van der Waals surface area contributed by atoms with E-state index in [-0.39, 0.29) is 34.1 Å². The van der Waals surface area contributed by atoms with Gasteiger partial charge in [0.1, 0.15) is 0 Å². The Bertz CT molecular complexity index is 1030. The van der Waals surface area contributed by atoms with Crippen molar-refractivity contribution in [1.82, 2.24) is 0 Å². The highest BCUT2D eigenvalue weighted by molar-refractivity contribution is 8.01. The Morgan fingerprint density at radius 2 is 1.86 bits per heavy atom. The van der Waals surface area contributed by atoms with Gasteiger partial charge in [0.2, 0.25) is 11.8 Å². The first-order valence-electron chi connectivity index (χ1n) is 8.88. The summed E-state index contributed by atoms with van der Waals surface area (Å²) in [5.74, 6) is -0.809. The first-order chi connectivity index (χ1) is 13.2. The summed E-state index contributed by atoms with van der Waals surface area (Å²) < 4.78 is 25.3. The van der Waals surface area contributed by atoms with Crippen LogP contribution in [0, 0.1) is 13.8 Å². The molecule has 1 atom stereocenters. The van der Waals surface area contributed by atoms with Crippen molar-refractivity contribution in [1.29, 1.82) is 0 Å². The second kappa shape index (κ2) is 7.97. The molecule has 0 saturated heterocycles. The van der Waals surface area contributed by atoms with Crippen LogP contribution in [0.1, 0.15) is 24.5 Å². The molecule has 2 amide bonds. The molecule has 8 heteroatoms. The second-order valence-electron chi connectivity index (χ2n) is 6.79. The first kappa shape index (κ1) is 20.4. The van der Waals surface area contributed by atoms with Crippen molar-refractivity contribution >= 4 is 44.8 Å². The van der Waals surface area contributed by atoms with Crippen molar-refractivity contribution in [2.75, 3.05) is 16.4 Å². The molecule has 148 valence electrons. The molecule has 0 aromatic heterocycles. The van der Waals surface area contributed by atoms with Crippen LogP contribution in [0.3, 0.4) is 0 Å². The molecule has 2 aromatic carbocycles. The zero-order chi connectivity index (χ0) is 20.5. The molecular weight excluding hydrogens is 396 g/mol. The van der Waals surface area contributed by atoms with Gasteiger partial charge in [0.25, 0.3) is 0 Å². The summed E-state index contributed by atoms with van der Waals surface area (Å²) in [6, 6.07) is 10.4. The van der Waals surface area contributed by atoms with E-state index < -0.39 is 9.84 Å². The molecule has 28 heavy (non-hydrogen) atoms. The SMILES string of the molecule is Cc1cccc(C)c1NC(=O)CCS(=O)(=O)c1ccc2c(c1)NC(=O)C(C)S2. The molecule has 1 aliphatic rings. The highest BCUT2D eigenvalue weighted by atomic mass is 32.2. The van der Waals surface area contributed by atoms with Crippen molar-refractivity contribution in [3.05, 3.63) is 47.5 Å². The number of benzene rings is 2. The molecule has 0 saturated carbocycles. The van der Waals surface area contributed by atoms with E-state index in [0.717, 1.165) is 16.0 Å². The minimum absolute atomic E-state index is 0.0987. The number of carbonyl (C=O) groups is 2. The van der Waals surface area contributed by atoms with E-state index >= 15 is 0 Å². The maximum absolute atomic E-state index is 12.7. The average molecular weight is 419 g/mol. The number of hydrogen-bond acceptors (Lipinski definition) is 5. The van der Waals surface area contributed by atoms with E-state index in [1.807, 2.05) is 32.0 Å². The summed E-state index contributed by atoms with van der Waals surface area (Å²) in [7, 11) is -3.65. The molecule has 1 unspecified atom stereocenters. The van der Waals surface area contributed by atoms with E-state index in [1.165, 1.54) is 23.9 Å². The normalized spacial score (nSPS) is 16.2. The zero-order valence-corrected chi connectivity index (χ0v) is 17.5. The van der Waals surface area contributed by atoms with E-state index in [0.29, 0.717) is 11.4 Å². The van der Waals surface area contributed by atoms with Gasteiger partial charge in [-0.3, -0.25) is 9.59 Å². The highest BCUT2D eigenvalue weighted by Gasteiger charge is 2.25. The van der Waals surface area contributed by atoms with E-state index in [2.05, 4.69) is 10.6 Å². The lowest BCUT2D eigenvalue weighted by atomic mass is 10.1. The Morgan fingerprint density at radius 3 is 2.54 bits per heavy atom. The average Bonchev–Trinajstić information content (AvgIpc) is 2.64. The number of thioether (sulfide) groups is 1. The van der Waals surface area contributed by atoms with Crippen molar-refractivity contribution in [2.45, 2.75) is 42.2 Å². The second-order valence-corrected chi connectivity index (χ2v) is 10.3. The minimum Gasteiger partial charge on any atom is -0.326 e. The Morgan fingerprint density at radius 1 is 1.18 bits per heavy atom. The van der Waals surface area contributed by atoms with Crippen LogP contribution < -0.4 is 10.6 Å². The number of fused-ring (bicyclic) bond motifs is 1. The van der Waals surface area contributed by atoms with Crippen LogP contribution in [0.4, 0.5) is 11.4 Å². The molecule has 2 N–H and O–H groups in total. The van der Waals surface area contributed by atoms with Crippen LogP contribution in [0.5, 0.6) is 0 Å². The fourth-order valence-electron chi connectivity index (χ4n) is 2.94. The number of carbonyl (C=O) groups excluding carboxylic acids is 2. The van der Waals surface area contributed by atoms with Crippen molar-refractivity contribution in [2.24, 2.45) is 0 Å². The molecule has 6 nitrogen and oxygen atoms in total. The van der Waals surface area contributed by atoms with Crippen LogP contribution in [-0.2, 0) is 19.4 Å². The van der Waals surface area contributed by atoms with Crippen LogP contribution in [0.2, 0.25) is 0 Å². The van der Waals surface area contributed by atoms with Gasteiger partial charge in [-0.1, -0.05) is 18.2 Å². The quantitative estimate of drug-likeness (QED) is 0.775. The number of sulfone groups is 1. The van der Waals surface area contributed by atoms with E-state index in [4.69, 9.17) is 0 Å². The summed E-state index contributed by atoms with van der Waals surface area (Å²) in [5, 5.41) is 5.31. The summed E-state index contributed by atoms with van der Waals surface area (Å²) in [4.78, 5) is 25.0. The lowest BCUT2D eigenvalue weighted by Gasteiger charge is -2.21. The summed E-state index contributed by atoms with van der Waals surface area (Å²) in [5.41, 5.74) is 3.06. The third kappa shape index (κ3) is 4.39. The molecule has 0 radical (unpaired) electrons. The molecule has 0 spiro atoms. The molecule has 2 aromatic rings. The van der Waals surface area contributed by atoms with E-state index in [9.17, 15) is 18.0 Å². The van der Waals surface area contributed by atoms with Crippen LogP contribution in [0.25, 0.3) is 0 Å². The van der Waals surface area contributed by atoms with Gasteiger partial charge in [-0.25, -0.2) is 8.42 Å². The molecule has 1 heterocycles. The summed E-state index contributed by atoms with van der Waals surface area (Å²) >= 11 is 1.39. The fraction of sp³-hybridized carbons (Fsp3) is 0.300. The smallest absolute Gasteiger partial charge is 0.237 e. The molecule has 1 aliphatic heterocycles. The van der Waals surface area contributed by atoms with Crippen LogP contribution in [0.15, 0.2) is 46.2 Å². The van der Waals surface area contributed by atoms with Gasteiger partial charge < -0.3 is 10.6 Å². The van der Waals surface area contributed by atoms with Crippen molar-refractivity contribution in [3.8, 4) is 0 Å². The number of anilines is 2. The van der Waals surface area contributed by atoms with Gasteiger partial charge in [-0.15, -0.1) is 11.8 Å². The van der Waals surface area contributed by atoms with Gasteiger partial charge in [0, 0.05) is 17.0 Å². The predicted octanol–water partition coefficient (Wildman–Crippen LogP) is 3.54. The first-order valence-corrected chi connectivity index (χ1v) is 11.4. The molecule has 0 fully saturated rings. The maximum Gasteiger partial charge on any atom is 0.237 e. The monoisotopic (exact) mass is 418 g/mol. The molecule has 0 aliphatic carbocycles. The largest absolute Gasteiger partial charge is 0.326 e. The van der Waals surface area contributed by atoms with Gasteiger partial charge >= 0.3 is 0 Å². The minimum atomic E-state index is -3.65. The fourth-order valence-corrected chi connectivity index (χ4v) is 5.13.